The molecule has 94 valence electrons. The molecule has 1 saturated carbocycles. The van der Waals surface area contributed by atoms with E-state index in [-0.39, 0.29) is 6.10 Å². The molecule has 0 radical (unpaired) electrons. The van der Waals surface area contributed by atoms with Gasteiger partial charge in [-0.1, -0.05) is 11.6 Å². The Kier molecular flexibility index (Phi) is 3.50. The van der Waals surface area contributed by atoms with Gasteiger partial charge in [-0.05, 0) is 43.4 Å². The van der Waals surface area contributed by atoms with Crippen LogP contribution in [0.4, 0.5) is 11.4 Å². The summed E-state index contributed by atoms with van der Waals surface area (Å²) < 4.78 is 0. The van der Waals surface area contributed by atoms with Gasteiger partial charge in [-0.25, -0.2) is 0 Å². The maximum absolute atomic E-state index is 9.29. The number of hydrogen-bond donors (Lipinski definition) is 2. The molecule has 0 atom stereocenters. The Labute approximate surface area is 107 Å². The molecule has 3 N–H and O–H groups in total. The van der Waals surface area contributed by atoms with Crippen LogP contribution in [0.25, 0.3) is 0 Å². The number of aliphatic hydroxyl groups excluding tert-OH is 1. The van der Waals surface area contributed by atoms with Crippen molar-refractivity contribution in [3.63, 3.8) is 0 Å². The lowest BCUT2D eigenvalue weighted by Gasteiger charge is -2.36. The van der Waals surface area contributed by atoms with Gasteiger partial charge in [0.1, 0.15) is 0 Å². The van der Waals surface area contributed by atoms with Crippen LogP contribution < -0.4 is 10.6 Å². The number of nitrogens with two attached hydrogens (primary N) is 1. The third-order valence-electron chi connectivity index (χ3n) is 3.52. The van der Waals surface area contributed by atoms with Crippen LogP contribution in [-0.2, 0) is 0 Å². The van der Waals surface area contributed by atoms with E-state index in [0.717, 1.165) is 41.3 Å². The van der Waals surface area contributed by atoms with E-state index in [0.29, 0.717) is 5.92 Å². The molecule has 0 bridgehead atoms. The SMILES string of the molecule is Cc1c(Cl)ccc(N)c1N(C)CC1CC(O)C1. The van der Waals surface area contributed by atoms with Gasteiger partial charge in [0.05, 0.1) is 17.5 Å². The highest BCUT2D eigenvalue weighted by Gasteiger charge is 2.28. The average molecular weight is 255 g/mol. The van der Waals surface area contributed by atoms with Crippen LogP contribution in [0.3, 0.4) is 0 Å². The van der Waals surface area contributed by atoms with E-state index in [1.165, 1.54) is 0 Å². The summed E-state index contributed by atoms with van der Waals surface area (Å²) in [6.45, 7) is 2.91. The molecular formula is C13H19ClN2O. The van der Waals surface area contributed by atoms with Crippen molar-refractivity contribution in [2.75, 3.05) is 24.2 Å². The van der Waals surface area contributed by atoms with Crippen LogP contribution in [0.1, 0.15) is 18.4 Å². The molecule has 1 aliphatic rings. The van der Waals surface area contributed by atoms with Crippen LogP contribution in [0.5, 0.6) is 0 Å². The minimum absolute atomic E-state index is 0.105. The fourth-order valence-corrected chi connectivity index (χ4v) is 2.68. The highest BCUT2D eigenvalue weighted by molar-refractivity contribution is 6.31. The molecule has 0 spiro atoms. The van der Waals surface area contributed by atoms with Gasteiger partial charge in [-0.2, -0.15) is 0 Å². The molecule has 1 aromatic rings. The van der Waals surface area contributed by atoms with Crippen LogP contribution in [0, 0.1) is 12.8 Å². The lowest BCUT2D eigenvalue weighted by atomic mass is 9.82. The predicted octanol–water partition coefficient (Wildman–Crippen LogP) is 2.44. The lowest BCUT2D eigenvalue weighted by molar-refractivity contribution is 0.0465. The summed E-state index contributed by atoms with van der Waals surface area (Å²) in [5.41, 5.74) is 8.80. The zero-order valence-electron chi connectivity index (χ0n) is 10.3. The molecule has 17 heavy (non-hydrogen) atoms. The topological polar surface area (TPSA) is 49.5 Å². The molecule has 0 aromatic heterocycles. The van der Waals surface area contributed by atoms with Crippen molar-refractivity contribution in [2.24, 2.45) is 5.92 Å². The number of aliphatic hydroxyl groups is 1. The Hall–Kier alpha value is -0.930. The van der Waals surface area contributed by atoms with Crippen molar-refractivity contribution in [3.8, 4) is 0 Å². The molecule has 0 heterocycles. The van der Waals surface area contributed by atoms with Gasteiger partial charge < -0.3 is 15.7 Å². The molecule has 3 nitrogen and oxygen atoms in total. The summed E-state index contributed by atoms with van der Waals surface area (Å²) in [7, 11) is 2.03. The second kappa shape index (κ2) is 4.75. The molecule has 1 aliphatic carbocycles. The first-order valence-corrected chi connectivity index (χ1v) is 6.30. The van der Waals surface area contributed by atoms with Crippen molar-refractivity contribution in [3.05, 3.63) is 22.7 Å². The third-order valence-corrected chi connectivity index (χ3v) is 3.93. The molecule has 1 fully saturated rings. The van der Waals surface area contributed by atoms with Crippen LogP contribution in [-0.4, -0.2) is 24.8 Å². The highest BCUT2D eigenvalue weighted by Crippen LogP contribution is 2.35. The number of nitrogens with zero attached hydrogens (tertiary/aromatic N) is 1. The van der Waals surface area contributed by atoms with E-state index in [4.69, 9.17) is 17.3 Å². The number of halogens is 1. The van der Waals surface area contributed by atoms with E-state index in [9.17, 15) is 5.11 Å². The van der Waals surface area contributed by atoms with Gasteiger partial charge >= 0.3 is 0 Å². The number of benzene rings is 1. The van der Waals surface area contributed by atoms with Gasteiger partial charge in [0.15, 0.2) is 0 Å². The Bertz CT molecular complexity index is 416. The van der Waals surface area contributed by atoms with Crippen molar-refractivity contribution in [2.45, 2.75) is 25.9 Å². The summed E-state index contributed by atoms with van der Waals surface area (Å²) in [6.07, 6.45) is 1.68. The third kappa shape index (κ3) is 2.50. The fourth-order valence-electron chi connectivity index (χ4n) is 2.53. The molecule has 2 rings (SSSR count). The van der Waals surface area contributed by atoms with Crippen molar-refractivity contribution in [1.29, 1.82) is 0 Å². The Morgan fingerprint density at radius 3 is 2.71 bits per heavy atom. The first-order chi connectivity index (χ1) is 7.99. The van der Waals surface area contributed by atoms with Crippen LogP contribution in [0.2, 0.25) is 5.02 Å². The smallest absolute Gasteiger partial charge is 0.0642 e. The quantitative estimate of drug-likeness (QED) is 0.815. The Balaban J connectivity index is 2.13. The van der Waals surface area contributed by atoms with E-state index in [2.05, 4.69) is 4.90 Å². The summed E-state index contributed by atoms with van der Waals surface area (Å²) in [4.78, 5) is 2.15. The van der Waals surface area contributed by atoms with Crippen LogP contribution in [0.15, 0.2) is 12.1 Å². The molecular weight excluding hydrogens is 236 g/mol. The van der Waals surface area contributed by atoms with Crippen molar-refractivity contribution >= 4 is 23.0 Å². The number of hydrogen-bond acceptors (Lipinski definition) is 3. The zero-order valence-corrected chi connectivity index (χ0v) is 11.0. The average Bonchev–Trinajstić information content (AvgIpc) is 2.22. The molecule has 0 amide bonds. The first kappa shape index (κ1) is 12.5. The maximum Gasteiger partial charge on any atom is 0.0642 e. The van der Waals surface area contributed by atoms with Gasteiger partial charge in [0, 0.05) is 18.6 Å². The summed E-state index contributed by atoms with van der Waals surface area (Å²) in [5, 5.41) is 10.0. The van der Waals surface area contributed by atoms with E-state index in [1.807, 2.05) is 26.1 Å². The molecule has 0 unspecified atom stereocenters. The lowest BCUT2D eigenvalue weighted by Crippen LogP contribution is -2.37. The Morgan fingerprint density at radius 2 is 2.12 bits per heavy atom. The van der Waals surface area contributed by atoms with Gasteiger partial charge in [0.2, 0.25) is 0 Å². The zero-order chi connectivity index (χ0) is 12.6. The molecule has 4 heteroatoms. The van der Waals surface area contributed by atoms with E-state index < -0.39 is 0 Å². The largest absolute Gasteiger partial charge is 0.397 e. The monoisotopic (exact) mass is 254 g/mol. The first-order valence-electron chi connectivity index (χ1n) is 5.92. The van der Waals surface area contributed by atoms with Crippen molar-refractivity contribution in [1.82, 2.24) is 0 Å². The minimum Gasteiger partial charge on any atom is -0.397 e. The minimum atomic E-state index is -0.105. The number of anilines is 2. The summed E-state index contributed by atoms with van der Waals surface area (Å²) in [5.74, 6) is 0.563. The van der Waals surface area contributed by atoms with E-state index in [1.54, 1.807) is 0 Å². The molecule has 0 saturated heterocycles. The second-order valence-corrected chi connectivity index (χ2v) is 5.39. The van der Waals surface area contributed by atoms with Gasteiger partial charge in [-0.3, -0.25) is 0 Å². The highest BCUT2D eigenvalue weighted by atomic mass is 35.5. The summed E-state index contributed by atoms with van der Waals surface area (Å²) in [6, 6.07) is 3.67. The number of nitrogen functional groups attached to an aromatic ring is 1. The van der Waals surface area contributed by atoms with Gasteiger partial charge in [-0.15, -0.1) is 0 Å². The molecule has 0 aliphatic heterocycles. The standard InChI is InChI=1S/C13H19ClN2O/c1-8-11(14)3-4-12(15)13(8)16(2)7-9-5-10(17)6-9/h3-4,9-10,17H,5-7,15H2,1-2H3. The van der Waals surface area contributed by atoms with Crippen LogP contribution >= 0.6 is 11.6 Å². The Morgan fingerprint density at radius 1 is 1.47 bits per heavy atom. The molecule has 1 aromatic carbocycles. The predicted molar refractivity (Wildman–Crippen MR) is 72.6 cm³/mol. The van der Waals surface area contributed by atoms with Crippen molar-refractivity contribution < 1.29 is 5.11 Å². The summed E-state index contributed by atoms with van der Waals surface area (Å²) >= 11 is 6.12. The normalized spacial score (nSPS) is 23.3. The fraction of sp³-hybridized carbons (Fsp3) is 0.538. The second-order valence-electron chi connectivity index (χ2n) is 4.98. The number of rotatable bonds is 3. The maximum atomic E-state index is 9.29. The van der Waals surface area contributed by atoms with E-state index >= 15 is 0 Å². The van der Waals surface area contributed by atoms with Gasteiger partial charge in [0.25, 0.3) is 0 Å².